The summed E-state index contributed by atoms with van der Waals surface area (Å²) in [5.74, 6) is 0.558. The fraction of sp³-hybridized carbons (Fsp3) is 0.571. The Morgan fingerprint density at radius 3 is 3.18 bits per heavy atom. The largest absolute Gasteiger partial charge is 0.381 e. The van der Waals surface area contributed by atoms with E-state index in [0.29, 0.717) is 5.92 Å². The maximum absolute atomic E-state index is 5.27. The Kier molecular flexibility index (Phi) is 2.07. The summed E-state index contributed by atoms with van der Waals surface area (Å²) < 4.78 is 6.14. The average Bonchev–Trinajstić information content (AvgIpc) is 2.55. The van der Waals surface area contributed by atoms with E-state index in [1.54, 1.807) is 11.3 Å². The minimum atomic E-state index is 0.558. The molecule has 1 aliphatic rings. The molecule has 1 N–H and O–H groups in total. The van der Waals surface area contributed by atoms with Crippen LogP contribution in [0, 0.1) is 3.95 Å². The Balaban J connectivity index is 2.21. The van der Waals surface area contributed by atoms with Gasteiger partial charge in [0.15, 0.2) is 3.95 Å². The molecule has 0 radical (unpaired) electrons. The van der Waals surface area contributed by atoms with Crippen LogP contribution in [0.2, 0.25) is 0 Å². The van der Waals surface area contributed by atoms with E-state index in [1.165, 1.54) is 5.69 Å². The van der Waals surface area contributed by atoms with Crippen LogP contribution in [0.25, 0.3) is 0 Å². The number of thiazole rings is 1. The summed E-state index contributed by atoms with van der Waals surface area (Å²) in [6.45, 7) is 1.74. The normalized spacial score (nSPS) is 24.2. The van der Waals surface area contributed by atoms with E-state index >= 15 is 0 Å². The summed E-state index contributed by atoms with van der Waals surface area (Å²) >= 11 is 6.59. The molecule has 11 heavy (non-hydrogen) atoms. The number of H-pyrrole nitrogens is 1. The van der Waals surface area contributed by atoms with Crippen LogP contribution in [-0.4, -0.2) is 18.2 Å². The van der Waals surface area contributed by atoms with Crippen molar-refractivity contribution in [2.45, 2.75) is 12.3 Å². The van der Waals surface area contributed by atoms with Gasteiger partial charge in [0.1, 0.15) is 0 Å². The molecule has 1 aliphatic heterocycles. The number of aromatic amines is 1. The van der Waals surface area contributed by atoms with E-state index in [0.717, 1.165) is 23.6 Å². The van der Waals surface area contributed by atoms with E-state index in [9.17, 15) is 0 Å². The molecule has 1 atom stereocenters. The molecule has 2 heterocycles. The zero-order chi connectivity index (χ0) is 7.68. The molecule has 0 spiro atoms. The molecule has 0 bridgehead atoms. The third kappa shape index (κ3) is 1.52. The lowest BCUT2D eigenvalue weighted by atomic mass is 10.1. The number of ether oxygens (including phenoxy) is 1. The fourth-order valence-corrected chi connectivity index (χ4v) is 2.20. The predicted octanol–water partition coefficient (Wildman–Crippen LogP) is 2.31. The van der Waals surface area contributed by atoms with Crippen molar-refractivity contribution >= 4 is 23.6 Å². The minimum absolute atomic E-state index is 0.558. The first-order valence-electron chi connectivity index (χ1n) is 3.62. The zero-order valence-electron chi connectivity index (χ0n) is 6.00. The highest BCUT2D eigenvalue weighted by atomic mass is 32.1. The standard InChI is InChI=1S/C7H9NOS2/c10-7-8-6(4-11-7)5-1-2-9-3-5/h4-5H,1-3H2,(H,8,10). The number of rotatable bonds is 1. The third-order valence-corrected chi connectivity index (χ3v) is 2.99. The smallest absolute Gasteiger partial charge is 0.158 e. The second-order valence-corrected chi connectivity index (χ2v) is 4.21. The van der Waals surface area contributed by atoms with E-state index < -0.39 is 0 Å². The van der Waals surface area contributed by atoms with Gasteiger partial charge < -0.3 is 9.72 Å². The SMILES string of the molecule is S=c1[nH]c(C2CCOC2)cs1. The summed E-state index contributed by atoms with van der Waals surface area (Å²) in [5.41, 5.74) is 1.25. The quantitative estimate of drug-likeness (QED) is 0.682. The van der Waals surface area contributed by atoms with Gasteiger partial charge in [0.05, 0.1) is 6.61 Å². The van der Waals surface area contributed by atoms with Gasteiger partial charge in [0, 0.05) is 23.6 Å². The fourth-order valence-electron chi connectivity index (χ4n) is 1.27. The molecular formula is C7H9NOS2. The van der Waals surface area contributed by atoms with Crippen molar-refractivity contribution < 1.29 is 4.74 Å². The highest BCUT2D eigenvalue weighted by Gasteiger charge is 2.18. The molecular weight excluding hydrogens is 178 g/mol. The minimum Gasteiger partial charge on any atom is -0.381 e. The van der Waals surface area contributed by atoms with Gasteiger partial charge in [0.25, 0.3) is 0 Å². The number of nitrogens with one attached hydrogen (secondary N) is 1. The van der Waals surface area contributed by atoms with Crippen molar-refractivity contribution in [3.8, 4) is 0 Å². The van der Waals surface area contributed by atoms with E-state index in [2.05, 4.69) is 10.4 Å². The number of aromatic nitrogens is 1. The molecule has 2 nitrogen and oxygen atoms in total. The second-order valence-electron chi connectivity index (χ2n) is 2.66. The molecule has 0 amide bonds. The lowest BCUT2D eigenvalue weighted by Crippen LogP contribution is -1.96. The maximum Gasteiger partial charge on any atom is 0.158 e. The van der Waals surface area contributed by atoms with E-state index in [4.69, 9.17) is 17.0 Å². The first-order valence-corrected chi connectivity index (χ1v) is 4.90. The summed E-state index contributed by atoms with van der Waals surface area (Å²) in [7, 11) is 0. The van der Waals surface area contributed by atoms with Gasteiger partial charge in [-0.2, -0.15) is 0 Å². The summed E-state index contributed by atoms with van der Waals surface area (Å²) in [6, 6.07) is 0. The van der Waals surface area contributed by atoms with Crippen LogP contribution >= 0.6 is 23.6 Å². The monoisotopic (exact) mass is 187 g/mol. The van der Waals surface area contributed by atoms with Gasteiger partial charge in [-0.3, -0.25) is 0 Å². The van der Waals surface area contributed by atoms with Crippen LogP contribution < -0.4 is 0 Å². The molecule has 1 fully saturated rings. The molecule has 1 unspecified atom stereocenters. The molecule has 1 aromatic rings. The Labute approximate surface area is 74.2 Å². The maximum atomic E-state index is 5.27. The molecule has 2 rings (SSSR count). The number of hydrogen-bond acceptors (Lipinski definition) is 3. The van der Waals surface area contributed by atoms with Crippen molar-refractivity contribution in [1.82, 2.24) is 4.98 Å². The molecule has 1 saturated heterocycles. The van der Waals surface area contributed by atoms with Gasteiger partial charge in [0.2, 0.25) is 0 Å². The Hall–Kier alpha value is -0.190. The topological polar surface area (TPSA) is 25.0 Å². The lowest BCUT2D eigenvalue weighted by Gasteiger charge is -2.01. The third-order valence-electron chi connectivity index (χ3n) is 1.91. The molecule has 1 aromatic heterocycles. The highest BCUT2D eigenvalue weighted by Crippen LogP contribution is 2.24. The van der Waals surface area contributed by atoms with Crippen molar-refractivity contribution in [2.24, 2.45) is 0 Å². The lowest BCUT2D eigenvalue weighted by molar-refractivity contribution is 0.193. The van der Waals surface area contributed by atoms with Crippen LogP contribution in [0.3, 0.4) is 0 Å². The molecule has 60 valence electrons. The first-order chi connectivity index (χ1) is 5.36. The van der Waals surface area contributed by atoms with Gasteiger partial charge in [-0.05, 0) is 18.6 Å². The van der Waals surface area contributed by atoms with Gasteiger partial charge in [-0.15, -0.1) is 11.3 Å². The van der Waals surface area contributed by atoms with Crippen molar-refractivity contribution in [3.63, 3.8) is 0 Å². The van der Waals surface area contributed by atoms with Gasteiger partial charge >= 0.3 is 0 Å². The van der Waals surface area contributed by atoms with Gasteiger partial charge in [-0.25, -0.2) is 0 Å². The second kappa shape index (κ2) is 3.05. The predicted molar refractivity (Wildman–Crippen MR) is 47.7 cm³/mol. The summed E-state index contributed by atoms with van der Waals surface area (Å²) in [6.07, 6.45) is 1.13. The Morgan fingerprint density at radius 1 is 1.73 bits per heavy atom. The van der Waals surface area contributed by atoms with Crippen molar-refractivity contribution in [3.05, 3.63) is 15.0 Å². The Morgan fingerprint density at radius 2 is 2.64 bits per heavy atom. The highest BCUT2D eigenvalue weighted by molar-refractivity contribution is 7.73. The average molecular weight is 187 g/mol. The first kappa shape index (κ1) is 7.46. The van der Waals surface area contributed by atoms with E-state index in [1.807, 2.05) is 0 Å². The zero-order valence-corrected chi connectivity index (χ0v) is 7.63. The van der Waals surface area contributed by atoms with Crippen LogP contribution in [0.15, 0.2) is 5.38 Å². The van der Waals surface area contributed by atoms with Crippen LogP contribution in [-0.2, 0) is 4.74 Å². The van der Waals surface area contributed by atoms with Crippen molar-refractivity contribution in [1.29, 1.82) is 0 Å². The van der Waals surface area contributed by atoms with Crippen molar-refractivity contribution in [2.75, 3.05) is 13.2 Å². The van der Waals surface area contributed by atoms with Crippen LogP contribution in [0.5, 0.6) is 0 Å². The molecule has 0 aromatic carbocycles. The van der Waals surface area contributed by atoms with E-state index in [-0.39, 0.29) is 0 Å². The molecule has 4 heteroatoms. The van der Waals surface area contributed by atoms with Gasteiger partial charge in [-0.1, -0.05) is 0 Å². The Bertz CT molecular complexity index is 285. The van der Waals surface area contributed by atoms with Crippen LogP contribution in [0.1, 0.15) is 18.0 Å². The molecule has 0 saturated carbocycles. The summed E-state index contributed by atoms with van der Waals surface area (Å²) in [5, 5.41) is 2.10. The van der Waals surface area contributed by atoms with Crippen LogP contribution in [0.4, 0.5) is 0 Å². The number of hydrogen-bond donors (Lipinski definition) is 1. The molecule has 0 aliphatic carbocycles. The summed E-state index contributed by atoms with van der Waals surface area (Å²) in [4.78, 5) is 3.17.